The van der Waals surface area contributed by atoms with Crippen molar-refractivity contribution in [1.29, 1.82) is 0 Å². The maximum Gasteiger partial charge on any atom is 0.127 e. The fourth-order valence-electron chi connectivity index (χ4n) is 2.44. The Morgan fingerprint density at radius 2 is 2.00 bits per heavy atom. The van der Waals surface area contributed by atoms with Gasteiger partial charge in [-0.15, -0.1) is 0 Å². The van der Waals surface area contributed by atoms with Crippen molar-refractivity contribution in [3.63, 3.8) is 0 Å². The Bertz CT molecular complexity index is 595. The second-order valence-electron chi connectivity index (χ2n) is 4.73. The molecule has 3 N–H and O–H groups in total. The molecular formula is C15H14FNO2. The zero-order valence-corrected chi connectivity index (χ0v) is 10.2. The van der Waals surface area contributed by atoms with Gasteiger partial charge in [0.1, 0.15) is 23.4 Å². The van der Waals surface area contributed by atoms with E-state index in [1.54, 1.807) is 0 Å². The van der Waals surface area contributed by atoms with Crippen LogP contribution < -0.4 is 10.5 Å². The largest absolute Gasteiger partial charge is 0.508 e. The van der Waals surface area contributed by atoms with Crippen LogP contribution in [-0.2, 0) is 0 Å². The van der Waals surface area contributed by atoms with E-state index >= 15 is 0 Å². The molecular weight excluding hydrogens is 245 g/mol. The van der Waals surface area contributed by atoms with Crippen LogP contribution in [0.5, 0.6) is 11.5 Å². The molecule has 1 unspecified atom stereocenters. The van der Waals surface area contributed by atoms with E-state index in [1.807, 2.05) is 24.3 Å². The molecule has 0 saturated heterocycles. The van der Waals surface area contributed by atoms with Gasteiger partial charge in [-0.2, -0.15) is 0 Å². The Labute approximate surface area is 110 Å². The number of para-hydroxylation sites is 1. The average molecular weight is 259 g/mol. The summed E-state index contributed by atoms with van der Waals surface area (Å²) in [6.45, 7) is 0. The van der Waals surface area contributed by atoms with E-state index in [-0.39, 0.29) is 17.9 Å². The summed E-state index contributed by atoms with van der Waals surface area (Å²) < 4.78 is 19.2. The first-order valence-electron chi connectivity index (χ1n) is 6.14. The Morgan fingerprint density at radius 3 is 2.79 bits per heavy atom. The van der Waals surface area contributed by atoms with E-state index in [0.29, 0.717) is 12.0 Å². The Hall–Kier alpha value is -2.07. The first kappa shape index (κ1) is 12.0. The minimum atomic E-state index is -0.481. The zero-order valence-electron chi connectivity index (χ0n) is 10.2. The summed E-state index contributed by atoms with van der Waals surface area (Å²) in [5, 5.41) is 9.46. The van der Waals surface area contributed by atoms with Crippen LogP contribution in [0.3, 0.4) is 0 Å². The van der Waals surface area contributed by atoms with Crippen LogP contribution in [0.4, 0.5) is 4.39 Å². The maximum atomic E-state index is 13.3. The smallest absolute Gasteiger partial charge is 0.127 e. The summed E-state index contributed by atoms with van der Waals surface area (Å²) >= 11 is 0. The van der Waals surface area contributed by atoms with Crippen LogP contribution in [0.1, 0.15) is 29.7 Å². The molecule has 3 rings (SSSR count). The summed E-state index contributed by atoms with van der Waals surface area (Å²) in [5.41, 5.74) is 7.67. The van der Waals surface area contributed by atoms with Crippen LogP contribution in [0.15, 0.2) is 42.5 Å². The zero-order chi connectivity index (χ0) is 13.4. The minimum absolute atomic E-state index is 0.106. The van der Waals surface area contributed by atoms with Crippen molar-refractivity contribution in [2.45, 2.75) is 18.6 Å². The Kier molecular flexibility index (Phi) is 2.87. The fourth-order valence-corrected chi connectivity index (χ4v) is 2.44. The second-order valence-corrected chi connectivity index (χ2v) is 4.73. The Morgan fingerprint density at radius 1 is 1.21 bits per heavy atom. The Balaban J connectivity index is 1.96. The highest BCUT2D eigenvalue weighted by Gasteiger charge is 2.27. The predicted molar refractivity (Wildman–Crippen MR) is 69.4 cm³/mol. The molecule has 0 fully saturated rings. The van der Waals surface area contributed by atoms with Crippen molar-refractivity contribution in [2.75, 3.05) is 0 Å². The molecule has 1 aliphatic rings. The molecule has 0 bridgehead atoms. The molecule has 3 nitrogen and oxygen atoms in total. The van der Waals surface area contributed by atoms with Gasteiger partial charge in [0, 0.05) is 24.1 Å². The molecule has 0 saturated carbocycles. The van der Waals surface area contributed by atoms with Crippen molar-refractivity contribution >= 4 is 0 Å². The number of benzene rings is 2. The third kappa shape index (κ3) is 2.27. The van der Waals surface area contributed by atoms with Crippen molar-refractivity contribution in [2.24, 2.45) is 5.73 Å². The molecule has 2 aromatic rings. The number of aromatic hydroxyl groups is 1. The number of fused-ring (bicyclic) bond motifs is 1. The molecule has 0 aliphatic carbocycles. The monoisotopic (exact) mass is 259 g/mol. The molecule has 1 aliphatic heterocycles. The number of hydrogen-bond acceptors (Lipinski definition) is 3. The molecule has 0 aromatic heterocycles. The fraction of sp³-hybridized carbons (Fsp3) is 0.200. The summed E-state index contributed by atoms with van der Waals surface area (Å²) in [6.07, 6.45) is 0.214. The number of nitrogens with two attached hydrogens (primary N) is 1. The normalized spacial score (nSPS) is 21.6. The highest BCUT2D eigenvalue weighted by molar-refractivity contribution is 5.40. The predicted octanol–water partition coefficient (Wildman–Crippen LogP) is 3.05. The van der Waals surface area contributed by atoms with E-state index in [9.17, 15) is 9.50 Å². The van der Waals surface area contributed by atoms with Crippen LogP contribution in [-0.4, -0.2) is 5.11 Å². The van der Waals surface area contributed by atoms with Gasteiger partial charge in [0.05, 0.1) is 0 Å². The van der Waals surface area contributed by atoms with Gasteiger partial charge in [0.15, 0.2) is 0 Å². The van der Waals surface area contributed by atoms with Gasteiger partial charge >= 0.3 is 0 Å². The molecule has 0 amide bonds. The number of rotatable bonds is 1. The first-order chi connectivity index (χ1) is 9.13. The van der Waals surface area contributed by atoms with Crippen LogP contribution in [0.2, 0.25) is 0 Å². The SMILES string of the molecule is N[C@@H]1CC(c2cc(O)cc(F)c2)Oc2ccccc21. The molecule has 19 heavy (non-hydrogen) atoms. The highest BCUT2D eigenvalue weighted by atomic mass is 19.1. The lowest BCUT2D eigenvalue weighted by Gasteiger charge is -2.30. The lowest BCUT2D eigenvalue weighted by Crippen LogP contribution is -2.24. The third-order valence-electron chi connectivity index (χ3n) is 3.33. The van der Waals surface area contributed by atoms with Crippen LogP contribution in [0.25, 0.3) is 0 Å². The van der Waals surface area contributed by atoms with Gasteiger partial charge in [-0.25, -0.2) is 4.39 Å². The number of ether oxygens (including phenoxy) is 1. The molecule has 98 valence electrons. The summed E-state index contributed by atoms with van der Waals surface area (Å²) in [7, 11) is 0. The van der Waals surface area contributed by atoms with Crippen molar-refractivity contribution in [3.8, 4) is 11.5 Å². The highest BCUT2D eigenvalue weighted by Crippen LogP contribution is 2.40. The van der Waals surface area contributed by atoms with E-state index < -0.39 is 5.82 Å². The summed E-state index contributed by atoms with van der Waals surface area (Å²) in [5.74, 6) is 0.132. The topological polar surface area (TPSA) is 55.5 Å². The van der Waals surface area contributed by atoms with Gasteiger partial charge in [-0.3, -0.25) is 0 Å². The molecule has 0 spiro atoms. The van der Waals surface area contributed by atoms with Gasteiger partial charge in [-0.1, -0.05) is 18.2 Å². The maximum absolute atomic E-state index is 13.3. The lowest BCUT2D eigenvalue weighted by molar-refractivity contribution is 0.161. The first-order valence-corrected chi connectivity index (χ1v) is 6.14. The standard InChI is InChI=1S/C15H14FNO2/c16-10-5-9(6-11(18)7-10)15-8-13(17)12-3-1-2-4-14(12)19-15/h1-7,13,15,18H,8,17H2/t13-,15?/m1/s1. The second kappa shape index (κ2) is 4.55. The van der Waals surface area contributed by atoms with Crippen LogP contribution in [0, 0.1) is 5.82 Å². The number of phenols is 1. The molecule has 4 heteroatoms. The van der Waals surface area contributed by atoms with Gasteiger partial charge in [0.2, 0.25) is 0 Å². The molecule has 2 atom stereocenters. The lowest BCUT2D eigenvalue weighted by atomic mass is 9.93. The average Bonchev–Trinajstić information content (AvgIpc) is 2.37. The van der Waals surface area contributed by atoms with E-state index in [4.69, 9.17) is 10.5 Å². The van der Waals surface area contributed by atoms with E-state index in [0.717, 1.165) is 17.4 Å². The van der Waals surface area contributed by atoms with Crippen LogP contribution >= 0.6 is 0 Å². The van der Waals surface area contributed by atoms with E-state index in [2.05, 4.69) is 0 Å². The quantitative estimate of drug-likeness (QED) is 0.827. The van der Waals surface area contributed by atoms with Crippen molar-refractivity contribution < 1.29 is 14.2 Å². The number of phenolic OH excluding ortho intramolecular Hbond substituents is 1. The van der Waals surface area contributed by atoms with Gasteiger partial charge in [-0.05, 0) is 23.8 Å². The van der Waals surface area contributed by atoms with Crippen molar-refractivity contribution in [3.05, 3.63) is 59.4 Å². The summed E-state index contributed by atoms with van der Waals surface area (Å²) in [4.78, 5) is 0. The summed E-state index contributed by atoms with van der Waals surface area (Å²) in [6, 6.07) is 11.4. The number of halogens is 1. The van der Waals surface area contributed by atoms with Gasteiger partial charge < -0.3 is 15.6 Å². The third-order valence-corrected chi connectivity index (χ3v) is 3.33. The van der Waals surface area contributed by atoms with E-state index in [1.165, 1.54) is 12.1 Å². The molecule has 0 radical (unpaired) electrons. The minimum Gasteiger partial charge on any atom is -0.508 e. The molecule has 1 heterocycles. The molecule has 2 aromatic carbocycles. The van der Waals surface area contributed by atoms with Gasteiger partial charge in [0.25, 0.3) is 0 Å². The number of hydrogen-bond donors (Lipinski definition) is 2. The van der Waals surface area contributed by atoms with Crippen molar-refractivity contribution in [1.82, 2.24) is 0 Å².